The normalized spacial score (nSPS) is 23.1. The molecule has 2 aromatic heterocycles. The number of aromatic nitrogens is 4. The zero-order valence-electron chi connectivity index (χ0n) is 26.0. The first-order valence-corrected chi connectivity index (χ1v) is 16.5. The van der Waals surface area contributed by atoms with Gasteiger partial charge in [0.25, 0.3) is 0 Å². The van der Waals surface area contributed by atoms with Gasteiger partial charge in [0, 0.05) is 6.04 Å². The monoisotopic (exact) mass is 655 g/mol. The molecule has 0 bridgehead atoms. The van der Waals surface area contributed by atoms with E-state index in [1.54, 1.807) is 6.20 Å². The van der Waals surface area contributed by atoms with Crippen LogP contribution in [0.1, 0.15) is 48.1 Å². The predicted molar refractivity (Wildman–Crippen MR) is 177 cm³/mol. The van der Waals surface area contributed by atoms with Crippen molar-refractivity contribution in [2.75, 3.05) is 11.9 Å². The number of ether oxygens (including phenoxy) is 4. The van der Waals surface area contributed by atoms with Crippen LogP contribution in [0.2, 0.25) is 5.28 Å². The maximum absolute atomic E-state index is 12.6. The van der Waals surface area contributed by atoms with Crippen LogP contribution in [0, 0.1) is 0 Å². The molecule has 3 aromatic carbocycles. The summed E-state index contributed by atoms with van der Waals surface area (Å²) in [4.78, 5) is 9.09. The maximum Gasteiger partial charge on any atom is 0.243 e. The van der Waals surface area contributed by atoms with E-state index >= 15 is 0 Å². The van der Waals surface area contributed by atoms with E-state index in [-0.39, 0.29) is 36.8 Å². The standard InChI is InChI=1S/C36H38ClN5O5/c37-35-40-33(39-28-18-10-11-19-28)34-38-20-30(42(34)41-35)36(43)32(46-23-27-16-8-3-9-17-27)31(45-22-26-14-6-2-7-15-26)29(47-36)24-44-21-25-12-4-1-5-13-25/h1-9,12-17,20,28-29,31-32,43H,10-11,18-19,21-24H2,(H,39,40,41)/t29-,31-,32-,36?/m1/s1. The molecule has 47 heavy (non-hydrogen) atoms. The Bertz CT molecular complexity index is 1740. The molecule has 1 saturated heterocycles. The molecular formula is C36H38ClN5O5. The van der Waals surface area contributed by atoms with Gasteiger partial charge in [0.05, 0.1) is 32.6 Å². The molecule has 1 unspecified atom stereocenters. The highest BCUT2D eigenvalue weighted by Gasteiger charge is 2.59. The largest absolute Gasteiger partial charge is 0.374 e. The van der Waals surface area contributed by atoms with Crippen LogP contribution in [-0.4, -0.2) is 55.6 Å². The average molecular weight is 656 g/mol. The number of imidazole rings is 1. The highest BCUT2D eigenvalue weighted by atomic mass is 35.5. The maximum atomic E-state index is 12.6. The fourth-order valence-corrected chi connectivity index (χ4v) is 6.53. The minimum atomic E-state index is -2.03. The van der Waals surface area contributed by atoms with Crippen molar-refractivity contribution in [3.8, 4) is 0 Å². The number of hydrogen-bond donors (Lipinski definition) is 2. The van der Waals surface area contributed by atoms with Crippen LogP contribution in [0.4, 0.5) is 5.82 Å². The summed E-state index contributed by atoms with van der Waals surface area (Å²) in [5.74, 6) is -1.52. The first-order valence-electron chi connectivity index (χ1n) is 16.1. The van der Waals surface area contributed by atoms with Crippen molar-refractivity contribution in [3.63, 3.8) is 0 Å². The summed E-state index contributed by atoms with van der Waals surface area (Å²) < 4.78 is 27.3. The summed E-state index contributed by atoms with van der Waals surface area (Å²) in [6.45, 7) is 1.00. The third-order valence-electron chi connectivity index (χ3n) is 8.73. The Morgan fingerprint density at radius 1 is 0.851 bits per heavy atom. The zero-order valence-corrected chi connectivity index (χ0v) is 26.7. The Hall–Kier alpha value is -3.90. The average Bonchev–Trinajstić information content (AvgIpc) is 3.83. The van der Waals surface area contributed by atoms with Gasteiger partial charge in [0.15, 0.2) is 11.5 Å². The van der Waals surface area contributed by atoms with Crippen molar-refractivity contribution < 1.29 is 24.1 Å². The summed E-state index contributed by atoms with van der Waals surface area (Å²) in [7, 11) is 0. The van der Waals surface area contributed by atoms with Gasteiger partial charge in [-0.15, -0.1) is 5.10 Å². The molecule has 7 rings (SSSR count). The second kappa shape index (κ2) is 14.5. The van der Waals surface area contributed by atoms with Crippen LogP contribution in [-0.2, 0) is 44.6 Å². The van der Waals surface area contributed by atoms with E-state index in [0.29, 0.717) is 18.1 Å². The Morgan fingerprint density at radius 2 is 1.45 bits per heavy atom. The highest BCUT2D eigenvalue weighted by molar-refractivity contribution is 6.28. The van der Waals surface area contributed by atoms with Crippen LogP contribution in [0.5, 0.6) is 0 Å². The van der Waals surface area contributed by atoms with Gasteiger partial charge in [0.1, 0.15) is 24.0 Å². The van der Waals surface area contributed by atoms with E-state index < -0.39 is 24.1 Å². The molecule has 1 saturated carbocycles. The molecular weight excluding hydrogens is 618 g/mol. The van der Waals surface area contributed by atoms with Gasteiger partial charge < -0.3 is 29.4 Å². The van der Waals surface area contributed by atoms with Gasteiger partial charge in [0.2, 0.25) is 11.1 Å². The van der Waals surface area contributed by atoms with Crippen molar-refractivity contribution in [2.24, 2.45) is 0 Å². The van der Waals surface area contributed by atoms with E-state index in [1.165, 1.54) is 4.52 Å². The Balaban J connectivity index is 1.24. The van der Waals surface area contributed by atoms with Crippen molar-refractivity contribution in [1.82, 2.24) is 19.6 Å². The van der Waals surface area contributed by atoms with E-state index in [0.717, 1.165) is 42.4 Å². The second-order valence-electron chi connectivity index (χ2n) is 12.1. The quantitative estimate of drug-likeness (QED) is 0.156. The van der Waals surface area contributed by atoms with Gasteiger partial charge in [-0.1, -0.05) is 104 Å². The lowest BCUT2D eigenvalue weighted by atomic mass is 10.0. The first kappa shape index (κ1) is 31.7. The zero-order chi connectivity index (χ0) is 32.1. The molecule has 0 radical (unpaired) electrons. The fourth-order valence-electron chi connectivity index (χ4n) is 6.37. The third kappa shape index (κ3) is 7.18. The summed E-state index contributed by atoms with van der Waals surface area (Å²) >= 11 is 6.46. The molecule has 1 aliphatic heterocycles. The van der Waals surface area contributed by atoms with Crippen LogP contribution < -0.4 is 5.32 Å². The third-order valence-corrected chi connectivity index (χ3v) is 8.89. The van der Waals surface area contributed by atoms with Crippen LogP contribution in [0.15, 0.2) is 97.2 Å². The number of anilines is 1. The first-order chi connectivity index (χ1) is 23.1. The minimum Gasteiger partial charge on any atom is -0.374 e. The number of benzene rings is 3. The van der Waals surface area contributed by atoms with Crippen molar-refractivity contribution in [3.05, 3.63) is 125 Å². The van der Waals surface area contributed by atoms with Gasteiger partial charge in [-0.3, -0.25) is 0 Å². The second-order valence-corrected chi connectivity index (χ2v) is 12.4. The Kier molecular flexibility index (Phi) is 9.76. The van der Waals surface area contributed by atoms with E-state index in [4.69, 9.17) is 30.5 Å². The molecule has 4 atom stereocenters. The van der Waals surface area contributed by atoms with Crippen molar-refractivity contribution in [2.45, 2.75) is 75.6 Å². The topological polar surface area (TPSA) is 112 Å². The minimum absolute atomic E-state index is 0.0141. The van der Waals surface area contributed by atoms with E-state index in [1.807, 2.05) is 91.0 Å². The van der Waals surface area contributed by atoms with Gasteiger partial charge in [-0.2, -0.15) is 4.98 Å². The van der Waals surface area contributed by atoms with E-state index in [2.05, 4.69) is 20.4 Å². The van der Waals surface area contributed by atoms with Gasteiger partial charge in [-0.25, -0.2) is 9.50 Å². The van der Waals surface area contributed by atoms with Gasteiger partial charge >= 0.3 is 0 Å². The van der Waals surface area contributed by atoms with Crippen LogP contribution in [0.3, 0.4) is 0 Å². The highest BCUT2D eigenvalue weighted by Crippen LogP contribution is 2.42. The predicted octanol–water partition coefficient (Wildman–Crippen LogP) is 6.06. The Morgan fingerprint density at radius 3 is 2.09 bits per heavy atom. The number of hydrogen-bond acceptors (Lipinski definition) is 9. The molecule has 0 spiro atoms. The molecule has 244 valence electrons. The molecule has 0 amide bonds. The lowest BCUT2D eigenvalue weighted by molar-refractivity contribution is -0.256. The molecule has 10 nitrogen and oxygen atoms in total. The molecule has 2 N–H and O–H groups in total. The van der Waals surface area contributed by atoms with Crippen molar-refractivity contribution in [1.29, 1.82) is 0 Å². The van der Waals surface area contributed by atoms with Crippen molar-refractivity contribution >= 4 is 23.1 Å². The Labute approximate surface area is 278 Å². The van der Waals surface area contributed by atoms with E-state index in [9.17, 15) is 5.11 Å². The van der Waals surface area contributed by atoms with Crippen LogP contribution >= 0.6 is 11.6 Å². The fraction of sp³-hybridized carbons (Fsp3) is 0.361. The molecule has 2 fully saturated rings. The SMILES string of the molecule is OC1(c2cnc3c(NC4CCCC4)nc(Cl)nn23)O[C@H](COCc2ccccc2)[C@@H](OCc2ccccc2)[C@H]1OCc1ccccc1. The molecule has 2 aliphatic rings. The van der Waals surface area contributed by atoms with Gasteiger partial charge in [-0.05, 0) is 41.1 Å². The molecule has 5 aromatic rings. The molecule has 3 heterocycles. The summed E-state index contributed by atoms with van der Waals surface area (Å²) in [6, 6.07) is 29.8. The number of aliphatic hydroxyl groups is 1. The lowest BCUT2D eigenvalue weighted by Gasteiger charge is -2.30. The number of halogens is 1. The lowest BCUT2D eigenvalue weighted by Crippen LogP contribution is -2.45. The number of nitrogens with zero attached hydrogens (tertiary/aromatic N) is 4. The number of nitrogens with one attached hydrogen (secondary N) is 1. The van der Waals surface area contributed by atoms with Crippen LogP contribution in [0.25, 0.3) is 5.65 Å². The summed E-state index contributed by atoms with van der Waals surface area (Å²) in [5.41, 5.74) is 3.62. The molecule has 11 heteroatoms. The molecule has 1 aliphatic carbocycles. The smallest absolute Gasteiger partial charge is 0.243 e. The number of rotatable bonds is 13. The summed E-state index contributed by atoms with van der Waals surface area (Å²) in [5, 5.41) is 20.6. The summed E-state index contributed by atoms with van der Waals surface area (Å²) in [6.07, 6.45) is 3.50. The number of fused-ring (bicyclic) bond motifs is 1.